The van der Waals surface area contributed by atoms with Crippen molar-refractivity contribution < 1.29 is 18.7 Å². The molecule has 0 heterocycles. The first-order valence-corrected chi connectivity index (χ1v) is 5.92. The zero-order valence-corrected chi connectivity index (χ0v) is 11.4. The van der Waals surface area contributed by atoms with Crippen molar-refractivity contribution >= 4 is 11.7 Å². The SMILES string of the molecule is COC/C(=C/C(=N)C(=O)OC)NCc1ccccc1F. The summed E-state index contributed by atoms with van der Waals surface area (Å²) in [7, 11) is 2.69. The number of carbonyl (C=O) groups is 1. The molecule has 1 aromatic rings. The molecular weight excluding hydrogens is 263 g/mol. The molecule has 5 nitrogen and oxygen atoms in total. The minimum absolute atomic E-state index is 0.174. The molecule has 0 aromatic heterocycles. The van der Waals surface area contributed by atoms with E-state index >= 15 is 0 Å². The van der Waals surface area contributed by atoms with Crippen LogP contribution in [0.15, 0.2) is 36.0 Å². The molecule has 0 atom stereocenters. The lowest BCUT2D eigenvalue weighted by Crippen LogP contribution is -2.21. The maximum atomic E-state index is 13.5. The van der Waals surface area contributed by atoms with E-state index < -0.39 is 5.97 Å². The van der Waals surface area contributed by atoms with Crippen LogP contribution in [0.4, 0.5) is 4.39 Å². The van der Waals surface area contributed by atoms with Gasteiger partial charge in [0, 0.05) is 24.9 Å². The van der Waals surface area contributed by atoms with Crippen molar-refractivity contribution in [2.75, 3.05) is 20.8 Å². The van der Waals surface area contributed by atoms with Crippen molar-refractivity contribution in [2.45, 2.75) is 6.54 Å². The van der Waals surface area contributed by atoms with E-state index in [0.717, 1.165) is 0 Å². The lowest BCUT2D eigenvalue weighted by Gasteiger charge is -2.11. The molecule has 0 aliphatic rings. The Morgan fingerprint density at radius 2 is 2.10 bits per heavy atom. The van der Waals surface area contributed by atoms with Crippen LogP contribution in [0, 0.1) is 11.2 Å². The largest absolute Gasteiger partial charge is 0.464 e. The molecule has 0 saturated heterocycles. The van der Waals surface area contributed by atoms with Crippen LogP contribution >= 0.6 is 0 Å². The summed E-state index contributed by atoms with van der Waals surface area (Å²) >= 11 is 0. The molecule has 0 spiro atoms. The van der Waals surface area contributed by atoms with Crippen molar-refractivity contribution in [3.05, 3.63) is 47.4 Å². The van der Waals surface area contributed by atoms with E-state index in [2.05, 4.69) is 10.1 Å². The highest BCUT2D eigenvalue weighted by Crippen LogP contribution is 2.06. The van der Waals surface area contributed by atoms with E-state index in [0.29, 0.717) is 11.3 Å². The zero-order chi connectivity index (χ0) is 15.0. The number of methoxy groups -OCH3 is 2. The number of benzene rings is 1. The second kappa shape index (κ2) is 8.06. The van der Waals surface area contributed by atoms with Gasteiger partial charge in [-0.15, -0.1) is 0 Å². The number of ether oxygens (including phenoxy) is 2. The van der Waals surface area contributed by atoms with Crippen LogP contribution < -0.4 is 5.32 Å². The first-order chi connectivity index (χ1) is 9.58. The number of hydrogen-bond donors (Lipinski definition) is 2. The molecule has 0 unspecified atom stereocenters. The van der Waals surface area contributed by atoms with Gasteiger partial charge in [0.15, 0.2) is 0 Å². The maximum absolute atomic E-state index is 13.5. The van der Waals surface area contributed by atoms with Gasteiger partial charge >= 0.3 is 5.97 Å². The second-order valence-corrected chi connectivity index (χ2v) is 3.95. The van der Waals surface area contributed by atoms with E-state index in [-0.39, 0.29) is 24.7 Å². The van der Waals surface area contributed by atoms with E-state index in [1.807, 2.05) is 0 Å². The number of nitrogens with one attached hydrogen (secondary N) is 2. The third-order valence-electron chi connectivity index (χ3n) is 2.49. The quantitative estimate of drug-likeness (QED) is 0.588. The summed E-state index contributed by atoms with van der Waals surface area (Å²) in [5, 5.41) is 10.4. The van der Waals surface area contributed by atoms with Crippen LogP contribution in [0.25, 0.3) is 0 Å². The molecular formula is C14H17FN2O3. The fraction of sp³-hybridized carbons (Fsp3) is 0.286. The highest BCUT2D eigenvalue weighted by atomic mass is 19.1. The van der Waals surface area contributed by atoms with E-state index in [1.54, 1.807) is 18.2 Å². The van der Waals surface area contributed by atoms with Crippen LogP contribution in [0.2, 0.25) is 0 Å². The van der Waals surface area contributed by atoms with Gasteiger partial charge in [0.05, 0.1) is 13.7 Å². The monoisotopic (exact) mass is 280 g/mol. The standard InChI is InChI=1S/C14H17FN2O3/c1-19-9-11(7-13(16)14(18)20-2)17-8-10-5-3-4-6-12(10)15/h3-7,16-17H,8-9H2,1-2H3/b11-7-,16-13?. The summed E-state index contributed by atoms with van der Waals surface area (Å²) in [6.45, 7) is 0.407. The van der Waals surface area contributed by atoms with Gasteiger partial charge in [0.2, 0.25) is 0 Å². The minimum atomic E-state index is -0.744. The molecule has 2 N–H and O–H groups in total. The number of esters is 1. The zero-order valence-electron chi connectivity index (χ0n) is 11.4. The van der Waals surface area contributed by atoms with Crippen LogP contribution in [0.3, 0.4) is 0 Å². The normalized spacial score (nSPS) is 11.1. The number of halogens is 1. The molecule has 0 saturated carbocycles. The molecule has 0 amide bonds. The van der Waals surface area contributed by atoms with Gasteiger partial charge in [0.25, 0.3) is 0 Å². The molecule has 0 aliphatic carbocycles. The van der Waals surface area contributed by atoms with Crippen molar-refractivity contribution in [1.29, 1.82) is 5.41 Å². The van der Waals surface area contributed by atoms with Crippen molar-refractivity contribution in [1.82, 2.24) is 5.32 Å². The average molecular weight is 280 g/mol. The van der Waals surface area contributed by atoms with Crippen LogP contribution in [0.5, 0.6) is 0 Å². The fourth-order valence-electron chi connectivity index (χ4n) is 1.49. The van der Waals surface area contributed by atoms with E-state index in [1.165, 1.54) is 26.4 Å². The van der Waals surface area contributed by atoms with E-state index in [9.17, 15) is 9.18 Å². The Kier molecular flexibility index (Phi) is 6.39. The van der Waals surface area contributed by atoms with Crippen molar-refractivity contribution in [3.63, 3.8) is 0 Å². The Morgan fingerprint density at radius 3 is 2.70 bits per heavy atom. The number of carbonyl (C=O) groups excluding carboxylic acids is 1. The van der Waals surface area contributed by atoms with Crippen molar-refractivity contribution in [2.24, 2.45) is 0 Å². The Morgan fingerprint density at radius 1 is 1.40 bits per heavy atom. The molecule has 1 aromatic carbocycles. The summed E-state index contributed by atoms with van der Waals surface area (Å²) in [6.07, 6.45) is 1.30. The predicted molar refractivity (Wildman–Crippen MR) is 72.9 cm³/mol. The lowest BCUT2D eigenvalue weighted by atomic mass is 10.2. The first-order valence-electron chi connectivity index (χ1n) is 5.92. The smallest absolute Gasteiger partial charge is 0.355 e. The molecule has 0 bridgehead atoms. The van der Waals surface area contributed by atoms with Crippen LogP contribution in [-0.4, -0.2) is 32.5 Å². The topological polar surface area (TPSA) is 71.4 Å². The average Bonchev–Trinajstić information content (AvgIpc) is 2.45. The van der Waals surface area contributed by atoms with Gasteiger partial charge < -0.3 is 14.8 Å². The Hall–Kier alpha value is -2.21. The van der Waals surface area contributed by atoms with Gasteiger partial charge in [-0.2, -0.15) is 0 Å². The summed E-state index contributed by atoms with van der Waals surface area (Å²) in [5.74, 6) is -1.06. The fourth-order valence-corrected chi connectivity index (χ4v) is 1.49. The molecule has 1 rings (SSSR count). The molecule has 0 fully saturated rings. The summed E-state index contributed by atoms with van der Waals surface area (Å²) in [4.78, 5) is 11.2. The molecule has 0 aliphatic heterocycles. The summed E-state index contributed by atoms with van der Waals surface area (Å²) in [5.41, 5.74) is 0.672. The Labute approximate surface area is 116 Å². The third-order valence-corrected chi connectivity index (χ3v) is 2.49. The summed E-state index contributed by atoms with van der Waals surface area (Å²) < 4.78 is 22.9. The molecule has 108 valence electrons. The first kappa shape index (κ1) is 15.8. The highest BCUT2D eigenvalue weighted by Gasteiger charge is 2.08. The second-order valence-electron chi connectivity index (χ2n) is 3.95. The predicted octanol–water partition coefficient (Wildman–Crippen LogP) is 1.64. The maximum Gasteiger partial charge on any atom is 0.355 e. The van der Waals surface area contributed by atoms with Gasteiger partial charge in [-0.25, -0.2) is 9.18 Å². The molecule has 6 heteroatoms. The van der Waals surface area contributed by atoms with Crippen molar-refractivity contribution in [3.8, 4) is 0 Å². The summed E-state index contributed by atoms with van der Waals surface area (Å²) in [6, 6.07) is 6.36. The molecule has 20 heavy (non-hydrogen) atoms. The Balaban J connectivity index is 2.73. The highest BCUT2D eigenvalue weighted by molar-refractivity contribution is 6.39. The van der Waals surface area contributed by atoms with Gasteiger partial charge in [-0.3, -0.25) is 5.41 Å². The number of hydrogen-bond acceptors (Lipinski definition) is 5. The lowest BCUT2D eigenvalue weighted by molar-refractivity contribution is -0.132. The number of rotatable bonds is 7. The van der Waals surface area contributed by atoms with Gasteiger partial charge in [0.1, 0.15) is 11.5 Å². The third kappa shape index (κ3) is 4.81. The minimum Gasteiger partial charge on any atom is -0.464 e. The van der Waals surface area contributed by atoms with Crippen LogP contribution in [-0.2, 0) is 20.8 Å². The van der Waals surface area contributed by atoms with Gasteiger partial charge in [-0.1, -0.05) is 18.2 Å². The van der Waals surface area contributed by atoms with E-state index in [4.69, 9.17) is 10.1 Å². The van der Waals surface area contributed by atoms with Crippen LogP contribution in [0.1, 0.15) is 5.56 Å². The van der Waals surface area contributed by atoms with Gasteiger partial charge in [-0.05, 0) is 12.1 Å². The molecule has 0 radical (unpaired) electrons. The Bertz CT molecular complexity index is 515.